The molecule has 0 bridgehead atoms. The smallest absolute Gasteiger partial charge is 0.274 e. The molecule has 1 aliphatic heterocycles. The fourth-order valence-corrected chi connectivity index (χ4v) is 2.53. The maximum absolute atomic E-state index is 12.3. The molecule has 1 aromatic heterocycles. The lowest BCUT2D eigenvalue weighted by Crippen LogP contribution is -2.41. The molecule has 1 fully saturated rings. The highest BCUT2D eigenvalue weighted by molar-refractivity contribution is 6.43. The highest BCUT2D eigenvalue weighted by Gasteiger charge is 2.20. The van der Waals surface area contributed by atoms with Crippen LogP contribution < -0.4 is 5.32 Å². The van der Waals surface area contributed by atoms with Crippen molar-refractivity contribution < 1.29 is 9.53 Å². The molecule has 1 N–H and O–H groups in total. The number of nitrogens with zero attached hydrogens (tertiary/aromatic N) is 3. The van der Waals surface area contributed by atoms with E-state index in [-0.39, 0.29) is 5.91 Å². The Bertz CT molecular complexity index is 703. The minimum Gasteiger partial charge on any atom is -0.378 e. The largest absolute Gasteiger partial charge is 0.378 e. The second-order valence-electron chi connectivity index (χ2n) is 4.93. The van der Waals surface area contributed by atoms with Crippen LogP contribution in [0.2, 0.25) is 10.0 Å². The Morgan fingerprint density at radius 1 is 1.13 bits per heavy atom. The molecule has 2 heterocycles. The Kier molecular flexibility index (Phi) is 4.95. The number of hydrogen-bond acceptors (Lipinski definition) is 5. The third-order valence-corrected chi connectivity index (χ3v) is 4.22. The van der Waals surface area contributed by atoms with Gasteiger partial charge < -0.3 is 15.0 Å². The van der Waals surface area contributed by atoms with Crippen LogP contribution in [0.1, 0.15) is 10.5 Å². The molecule has 0 radical (unpaired) electrons. The molecule has 2 aromatic rings. The van der Waals surface area contributed by atoms with Gasteiger partial charge in [0.1, 0.15) is 0 Å². The van der Waals surface area contributed by atoms with Gasteiger partial charge in [-0.1, -0.05) is 29.3 Å². The van der Waals surface area contributed by atoms with Crippen molar-refractivity contribution in [3.05, 3.63) is 46.1 Å². The molecule has 1 amide bonds. The topological polar surface area (TPSA) is 67.4 Å². The molecule has 0 spiro atoms. The molecule has 1 aromatic carbocycles. The number of ether oxygens (including phenoxy) is 1. The Morgan fingerprint density at radius 2 is 1.91 bits per heavy atom. The molecule has 6 nitrogen and oxygen atoms in total. The number of hydrogen-bond donors (Lipinski definition) is 1. The summed E-state index contributed by atoms with van der Waals surface area (Å²) in [6.45, 7) is 2.23. The summed E-state index contributed by atoms with van der Waals surface area (Å²) in [6.07, 6.45) is 0. The van der Waals surface area contributed by atoms with Crippen molar-refractivity contribution in [2.75, 3.05) is 31.6 Å². The fourth-order valence-electron chi connectivity index (χ4n) is 2.18. The molecule has 1 aliphatic rings. The summed E-state index contributed by atoms with van der Waals surface area (Å²) in [5.74, 6) is 0.334. The predicted molar refractivity (Wildman–Crippen MR) is 88.5 cm³/mol. The third-order valence-electron chi connectivity index (χ3n) is 3.40. The molecule has 0 saturated carbocycles. The van der Waals surface area contributed by atoms with Crippen LogP contribution in [0.15, 0.2) is 30.3 Å². The Balaban J connectivity index is 1.71. The normalized spacial score (nSPS) is 14.6. The summed E-state index contributed by atoms with van der Waals surface area (Å²) in [4.78, 5) is 14.0. The number of morpholine rings is 1. The highest BCUT2D eigenvalue weighted by Crippen LogP contribution is 2.31. The minimum absolute atomic E-state index is 0.145. The summed E-state index contributed by atoms with van der Waals surface area (Å²) in [7, 11) is 0. The van der Waals surface area contributed by atoms with Gasteiger partial charge in [-0.25, -0.2) is 0 Å². The van der Waals surface area contributed by atoms with Gasteiger partial charge in [0.25, 0.3) is 5.91 Å². The van der Waals surface area contributed by atoms with Crippen molar-refractivity contribution in [2.45, 2.75) is 0 Å². The van der Waals surface area contributed by atoms with Crippen LogP contribution in [0.3, 0.4) is 0 Å². The third kappa shape index (κ3) is 3.72. The maximum atomic E-state index is 12.3. The van der Waals surface area contributed by atoms with Gasteiger partial charge in [-0.3, -0.25) is 4.79 Å². The van der Waals surface area contributed by atoms with E-state index < -0.39 is 0 Å². The number of benzene rings is 1. The Hall–Kier alpha value is -1.89. The lowest BCUT2D eigenvalue weighted by Gasteiger charge is -2.26. The number of amides is 1. The second-order valence-corrected chi connectivity index (χ2v) is 5.72. The SMILES string of the molecule is O=C(c1ccc(Nc2cccc(Cl)c2Cl)nn1)N1CCOCC1. The summed E-state index contributed by atoms with van der Waals surface area (Å²) >= 11 is 12.1. The highest BCUT2D eigenvalue weighted by atomic mass is 35.5. The number of nitrogens with one attached hydrogen (secondary N) is 1. The molecule has 0 unspecified atom stereocenters. The lowest BCUT2D eigenvalue weighted by molar-refractivity contribution is 0.0298. The molecule has 120 valence electrons. The molecule has 23 heavy (non-hydrogen) atoms. The molecular weight excluding hydrogens is 339 g/mol. The van der Waals surface area contributed by atoms with Gasteiger partial charge in [0.15, 0.2) is 11.5 Å². The fraction of sp³-hybridized carbons (Fsp3) is 0.267. The van der Waals surface area contributed by atoms with Crippen molar-refractivity contribution in [3.63, 3.8) is 0 Å². The van der Waals surface area contributed by atoms with E-state index in [9.17, 15) is 4.79 Å². The summed E-state index contributed by atoms with van der Waals surface area (Å²) in [5.41, 5.74) is 0.926. The van der Waals surface area contributed by atoms with E-state index in [1.54, 1.807) is 35.2 Å². The first-order valence-corrected chi connectivity index (χ1v) is 7.82. The van der Waals surface area contributed by atoms with Gasteiger partial charge in [-0.15, -0.1) is 10.2 Å². The van der Waals surface area contributed by atoms with E-state index in [1.165, 1.54) is 0 Å². The van der Waals surface area contributed by atoms with Crippen LogP contribution >= 0.6 is 23.2 Å². The van der Waals surface area contributed by atoms with Crippen molar-refractivity contribution in [1.82, 2.24) is 15.1 Å². The van der Waals surface area contributed by atoms with Crippen molar-refractivity contribution in [3.8, 4) is 0 Å². The van der Waals surface area contributed by atoms with Crippen LogP contribution in [0.5, 0.6) is 0 Å². The molecule has 0 aliphatic carbocycles. The number of halogens is 2. The van der Waals surface area contributed by atoms with Crippen LogP contribution in [-0.2, 0) is 4.74 Å². The van der Waals surface area contributed by atoms with E-state index in [4.69, 9.17) is 27.9 Å². The van der Waals surface area contributed by atoms with E-state index in [1.807, 2.05) is 0 Å². The van der Waals surface area contributed by atoms with E-state index in [2.05, 4.69) is 15.5 Å². The number of carbonyl (C=O) groups is 1. The van der Waals surface area contributed by atoms with Gasteiger partial charge in [0, 0.05) is 13.1 Å². The molecule has 8 heteroatoms. The quantitative estimate of drug-likeness (QED) is 0.919. The first-order chi connectivity index (χ1) is 11.1. The molecule has 3 rings (SSSR count). The van der Waals surface area contributed by atoms with E-state index in [0.29, 0.717) is 53.5 Å². The van der Waals surface area contributed by atoms with Gasteiger partial charge in [0.05, 0.1) is 28.9 Å². The Labute approximate surface area is 143 Å². The average molecular weight is 353 g/mol. The second kappa shape index (κ2) is 7.12. The number of carbonyl (C=O) groups excluding carboxylic acids is 1. The average Bonchev–Trinajstić information content (AvgIpc) is 2.60. The molecular formula is C15H14Cl2N4O2. The zero-order chi connectivity index (χ0) is 16.2. The monoisotopic (exact) mass is 352 g/mol. The maximum Gasteiger partial charge on any atom is 0.274 e. The summed E-state index contributed by atoms with van der Waals surface area (Å²) in [6, 6.07) is 8.57. The zero-order valence-electron chi connectivity index (χ0n) is 12.1. The van der Waals surface area contributed by atoms with Crippen LogP contribution in [0.4, 0.5) is 11.5 Å². The van der Waals surface area contributed by atoms with Gasteiger partial charge >= 0.3 is 0 Å². The summed E-state index contributed by atoms with van der Waals surface area (Å²) < 4.78 is 5.23. The lowest BCUT2D eigenvalue weighted by atomic mass is 10.3. The Morgan fingerprint density at radius 3 is 2.61 bits per heavy atom. The number of rotatable bonds is 3. The van der Waals surface area contributed by atoms with Crippen LogP contribution in [-0.4, -0.2) is 47.3 Å². The van der Waals surface area contributed by atoms with Crippen molar-refractivity contribution in [2.24, 2.45) is 0 Å². The van der Waals surface area contributed by atoms with Gasteiger partial charge in [-0.2, -0.15) is 0 Å². The van der Waals surface area contributed by atoms with Gasteiger partial charge in [0.2, 0.25) is 0 Å². The first-order valence-electron chi connectivity index (χ1n) is 7.07. The number of anilines is 2. The van der Waals surface area contributed by atoms with Crippen LogP contribution in [0, 0.1) is 0 Å². The minimum atomic E-state index is -0.145. The van der Waals surface area contributed by atoms with Crippen LogP contribution in [0.25, 0.3) is 0 Å². The molecule has 0 atom stereocenters. The van der Waals surface area contributed by atoms with E-state index in [0.717, 1.165) is 0 Å². The predicted octanol–water partition coefficient (Wildman–Crippen LogP) is 3.00. The van der Waals surface area contributed by atoms with E-state index >= 15 is 0 Å². The van der Waals surface area contributed by atoms with Crippen molar-refractivity contribution >= 4 is 40.6 Å². The standard InChI is InChI=1S/C15H14Cl2N4O2/c16-10-2-1-3-11(14(10)17)18-13-5-4-12(19-20-13)15(22)21-6-8-23-9-7-21/h1-5H,6-9H2,(H,18,20). The van der Waals surface area contributed by atoms with Gasteiger partial charge in [-0.05, 0) is 24.3 Å². The van der Waals surface area contributed by atoms with Crippen molar-refractivity contribution in [1.29, 1.82) is 0 Å². The zero-order valence-corrected chi connectivity index (χ0v) is 13.6. The first kappa shape index (κ1) is 16.0. The number of aromatic nitrogens is 2. The summed E-state index contributed by atoms with van der Waals surface area (Å²) in [5, 5.41) is 11.9. The molecule has 1 saturated heterocycles.